The largest absolute Gasteiger partial charge is 0.329 e. The molecule has 2 unspecified atom stereocenters. The zero-order valence-corrected chi connectivity index (χ0v) is 18.4. The first-order chi connectivity index (χ1) is 15.0. The van der Waals surface area contributed by atoms with Gasteiger partial charge in [-0.25, -0.2) is 0 Å². The molecule has 2 aliphatic rings. The Morgan fingerprint density at radius 1 is 1.10 bits per heavy atom. The number of carbonyl (C=O) groups excluding carboxylic acids is 3. The predicted molar refractivity (Wildman–Crippen MR) is 122 cm³/mol. The minimum Gasteiger partial charge on any atom is -0.329 e. The number of nitrogens with zero attached hydrogens (tertiary/aromatic N) is 2. The van der Waals surface area contributed by atoms with E-state index in [9.17, 15) is 14.4 Å². The van der Waals surface area contributed by atoms with Crippen LogP contribution in [0.1, 0.15) is 27.9 Å². The molecule has 31 heavy (non-hydrogen) atoms. The van der Waals surface area contributed by atoms with Gasteiger partial charge in [-0.2, -0.15) is 11.8 Å². The lowest BCUT2D eigenvalue weighted by Crippen LogP contribution is -2.50. The van der Waals surface area contributed by atoms with Crippen LogP contribution in [0.5, 0.6) is 0 Å². The van der Waals surface area contributed by atoms with Gasteiger partial charge in [-0.1, -0.05) is 48.0 Å². The highest BCUT2D eigenvalue weighted by Gasteiger charge is 2.51. The molecule has 0 aromatic heterocycles. The monoisotopic (exact) mass is 437 g/mol. The Bertz CT molecular complexity index is 964. The summed E-state index contributed by atoms with van der Waals surface area (Å²) in [5.74, 6) is 0.831. The lowest BCUT2D eigenvalue weighted by Gasteiger charge is -2.26. The van der Waals surface area contributed by atoms with Gasteiger partial charge < -0.3 is 15.5 Å². The fraction of sp³-hybridized carbons (Fsp3) is 0.375. The van der Waals surface area contributed by atoms with E-state index in [-0.39, 0.29) is 30.2 Å². The van der Waals surface area contributed by atoms with Gasteiger partial charge in [0, 0.05) is 23.6 Å². The minimum atomic E-state index is -0.665. The molecule has 2 aliphatic heterocycles. The molecule has 2 aromatic carbocycles. The maximum atomic E-state index is 13.0. The van der Waals surface area contributed by atoms with E-state index in [0.29, 0.717) is 24.3 Å². The molecule has 2 fully saturated rings. The van der Waals surface area contributed by atoms with E-state index < -0.39 is 12.1 Å². The molecule has 0 aliphatic carbocycles. The summed E-state index contributed by atoms with van der Waals surface area (Å²) in [4.78, 5) is 42.0. The Morgan fingerprint density at radius 3 is 2.52 bits per heavy atom. The first-order valence-corrected chi connectivity index (χ1v) is 11.7. The molecule has 2 N–H and O–H groups in total. The Kier molecular flexibility index (Phi) is 6.43. The van der Waals surface area contributed by atoms with Gasteiger partial charge in [-0.05, 0) is 31.0 Å². The topological polar surface area (TPSA) is 83.7 Å². The summed E-state index contributed by atoms with van der Waals surface area (Å²) in [6.07, 6.45) is 0.601. The summed E-state index contributed by atoms with van der Waals surface area (Å²) in [7, 11) is 0. The highest BCUT2D eigenvalue weighted by Crippen LogP contribution is 2.31. The standard InChI is InChI=1S/C24H27N3O3S/c1-16-7-9-18(10-8-16)23(29)27-13-21(28)22-20(27)11-12-26(22)24(30)19(25)15-31-14-17-5-3-2-4-6-17/h2-10,19-20,22H,11-15,25H2,1H3/t19-,20?,22?/m0/s1. The molecule has 0 saturated carbocycles. The van der Waals surface area contributed by atoms with Crippen LogP contribution in [0.4, 0.5) is 0 Å². The molecule has 3 atom stereocenters. The average Bonchev–Trinajstić information content (AvgIpc) is 3.35. The first-order valence-electron chi connectivity index (χ1n) is 10.5. The number of nitrogens with two attached hydrogens (primary N) is 1. The molecule has 7 heteroatoms. The highest BCUT2D eigenvalue weighted by molar-refractivity contribution is 7.98. The Balaban J connectivity index is 1.37. The molecule has 162 valence electrons. The quantitative estimate of drug-likeness (QED) is 0.749. The Labute approximate surface area is 186 Å². The second-order valence-electron chi connectivity index (χ2n) is 8.21. The number of fused-ring (bicyclic) bond motifs is 1. The molecule has 4 rings (SSSR count). The van der Waals surface area contributed by atoms with E-state index in [4.69, 9.17) is 5.73 Å². The molecule has 2 amide bonds. The van der Waals surface area contributed by atoms with Crippen molar-refractivity contribution < 1.29 is 14.4 Å². The number of aryl methyl sites for hydroxylation is 1. The molecule has 6 nitrogen and oxygen atoms in total. The third kappa shape index (κ3) is 4.52. The third-order valence-corrected chi connectivity index (χ3v) is 7.12. The smallest absolute Gasteiger partial charge is 0.254 e. The summed E-state index contributed by atoms with van der Waals surface area (Å²) < 4.78 is 0. The van der Waals surface area contributed by atoms with Gasteiger partial charge in [0.15, 0.2) is 5.78 Å². The van der Waals surface area contributed by atoms with Gasteiger partial charge in [0.05, 0.1) is 18.6 Å². The van der Waals surface area contributed by atoms with Crippen LogP contribution in [0.2, 0.25) is 0 Å². The third-order valence-electron chi connectivity index (χ3n) is 5.99. The molecule has 2 aromatic rings. The van der Waals surface area contributed by atoms with E-state index in [1.54, 1.807) is 33.7 Å². The van der Waals surface area contributed by atoms with E-state index in [0.717, 1.165) is 11.3 Å². The van der Waals surface area contributed by atoms with Crippen LogP contribution in [-0.2, 0) is 15.3 Å². The van der Waals surface area contributed by atoms with Crippen molar-refractivity contribution in [2.45, 2.75) is 37.2 Å². The van der Waals surface area contributed by atoms with Crippen LogP contribution < -0.4 is 5.73 Å². The van der Waals surface area contributed by atoms with Crippen LogP contribution in [0.25, 0.3) is 0 Å². The van der Waals surface area contributed by atoms with Crippen LogP contribution >= 0.6 is 11.8 Å². The Morgan fingerprint density at radius 2 is 1.81 bits per heavy atom. The highest BCUT2D eigenvalue weighted by atomic mass is 32.2. The average molecular weight is 438 g/mol. The number of amides is 2. The summed E-state index contributed by atoms with van der Waals surface area (Å²) in [6, 6.07) is 15.9. The summed E-state index contributed by atoms with van der Waals surface area (Å²) in [5.41, 5.74) is 9.01. The minimum absolute atomic E-state index is 0.0455. The number of rotatable bonds is 6. The van der Waals surface area contributed by atoms with Gasteiger partial charge in [-0.3, -0.25) is 14.4 Å². The second kappa shape index (κ2) is 9.24. The second-order valence-corrected chi connectivity index (χ2v) is 9.24. The van der Waals surface area contributed by atoms with E-state index in [1.807, 2.05) is 49.4 Å². The van der Waals surface area contributed by atoms with Crippen molar-refractivity contribution in [1.82, 2.24) is 9.80 Å². The molecule has 0 bridgehead atoms. The van der Waals surface area contributed by atoms with Crippen molar-refractivity contribution in [3.63, 3.8) is 0 Å². The predicted octanol–water partition coefficient (Wildman–Crippen LogP) is 2.25. The fourth-order valence-electron chi connectivity index (χ4n) is 4.36. The number of thioether (sulfide) groups is 1. The lowest BCUT2D eigenvalue weighted by atomic mass is 10.1. The van der Waals surface area contributed by atoms with Crippen molar-refractivity contribution in [3.8, 4) is 0 Å². The molecule has 2 saturated heterocycles. The molecule has 2 heterocycles. The Hall–Kier alpha value is -2.64. The number of Topliss-reactive ketones (excluding diaryl/α,β-unsaturated/α-hetero) is 1. The van der Waals surface area contributed by atoms with Crippen molar-refractivity contribution in [1.29, 1.82) is 0 Å². The van der Waals surface area contributed by atoms with E-state index >= 15 is 0 Å². The molecular weight excluding hydrogens is 410 g/mol. The van der Waals surface area contributed by atoms with Gasteiger partial charge >= 0.3 is 0 Å². The maximum Gasteiger partial charge on any atom is 0.254 e. The lowest BCUT2D eigenvalue weighted by molar-refractivity contribution is -0.137. The number of likely N-dealkylation sites (tertiary alicyclic amines) is 2. The van der Waals surface area contributed by atoms with E-state index in [1.165, 1.54) is 5.56 Å². The zero-order valence-electron chi connectivity index (χ0n) is 17.6. The molecule has 0 spiro atoms. The van der Waals surface area contributed by atoms with E-state index in [2.05, 4.69) is 0 Å². The summed E-state index contributed by atoms with van der Waals surface area (Å²) >= 11 is 1.61. The molecule has 0 radical (unpaired) electrons. The van der Waals surface area contributed by atoms with Crippen LogP contribution in [0, 0.1) is 6.92 Å². The SMILES string of the molecule is Cc1ccc(C(=O)N2CC(=O)C3C2CCN3C(=O)[C@@H](N)CSCc2ccccc2)cc1. The summed E-state index contributed by atoms with van der Waals surface area (Å²) in [6.45, 7) is 2.46. The van der Waals surface area contributed by atoms with Crippen molar-refractivity contribution in [3.05, 3.63) is 71.3 Å². The molecular formula is C24H27N3O3S. The summed E-state index contributed by atoms with van der Waals surface area (Å²) in [5, 5.41) is 0. The van der Waals surface area contributed by atoms with Crippen LogP contribution in [0.15, 0.2) is 54.6 Å². The number of hydrogen-bond donors (Lipinski definition) is 1. The number of benzene rings is 2. The van der Waals surface area contributed by atoms with Crippen molar-refractivity contribution in [2.24, 2.45) is 5.73 Å². The first kappa shape index (κ1) is 21.6. The number of ketones is 1. The zero-order chi connectivity index (χ0) is 22.0. The van der Waals surface area contributed by atoms with Gasteiger partial charge in [0.2, 0.25) is 5.91 Å². The van der Waals surface area contributed by atoms with Crippen molar-refractivity contribution in [2.75, 3.05) is 18.8 Å². The van der Waals surface area contributed by atoms with Crippen LogP contribution in [-0.4, -0.2) is 64.4 Å². The normalized spacial score (nSPS) is 21.3. The van der Waals surface area contributed by atoms with Gasteiger partial charge in [-0.15, -0.1) is 0 Å². The van der Waals surface area contributed by atoms with Gasteiger partial charge in [0.1, 0.15) is 6.04 Å². The number of carbonyl (C=O) groups is 3. The maximum absolute atomic E-state index is 13.0. The van der Waals surface area contributed by atoms with Gasteiger partial charge in [0.25, 0.3) is 5.91 Å². The van der Waals surface area contributed by atoms with Crippen LogP contribution in [0.3, 0.4) is 0 Å². The van der Waals surface area contributed by atoms with Crippen molar-refractivity contribution >= 4 is 29.4 Å². The fourth-order valence-corrected chi connectivity index (χ4v) is 5.31. The number of hydrogen-bond acceptors (Lipinski definition) is 5.